The summed E-state index contributed by atoms with van der Waals surface area (Å²) in [6, 6.07) is 15.0. The van der Waals surface area contributed by atoms with Crippen LogP contribution in [0.15, 0.2) is 54.7 Å². The molecule has 1 aromatic heterocycles. The first kappa shape index (κ1) is 16.1. The van der Waals surface area contributed by atoms with Crippen molar-refractivity contribution in [1.82, 2.24) is 9.88 Å². The number of ether oxygens (including phenoxy) is 1. The van der Waals surface area contributed by atoms with Crippen molar-refractivity contribution in [3.63, 3.8) is 0 Å². The third kappa shape index (κ3) is 3.58. The number of nitrogens with one attached hydrogen (secondary N) is 2. The van der Waals surface area contributed by atoms with Gasteiger partial charge in [-0.2, -0.15) is 0 Å². The highest BCUT2D eigenvalue weighted by atomic mass is 16.5. The highest BCUT2D eigenvalue weighted by molar-refractivity contribution is 6.10. The van der Waals surface area contributed by atoms with E-state index >= 15 is 0 Å². The molecule has 0 bridgehead atoms. The molecule has 0 saturated carbocycles. The highest BCUT2D eigenvalue weighted by Gasteiger charge is 2.13. The molecular weight excluding hydrogens is 302 g/mol. The number of nitrogens with zero attached hydrogens (tertiary/aromatic N) is 1. The number of hydrogen-bond donors (Lipinski definition) is 2. The number of benzene rings is 2. The van der Waals surface area contributed by atoms with E-state index in [9.17, 15) is 4.79 Å². The molecule has 0 aliphatic rings. The Kier molecular flexibility index (Phi) is 4.82. The number of H-pyrrole nitrogens is 1. The van der Waals surface area contributed by atoms with Gasteiger partial charge in [0.25, 0.3) is 5.91 Å². The van der Waals surface area contributed by atoms with Crippen LogP contribution in [-0.4, -0.2) is 43.0 Å². The van der Waals surface area contributed by atoms with E-state index in [-0.39, 0.29) is 5.91 Å². The molecule has 5 heteroatoms. The number of likely N-dealkylation sites (N-methyl/N-ethyl adjacent to an activating group) is 1. The Balaban J connectivity index is 1.79. The number of rotatable bonds is 6. The Bertz CT molecular complexity index is 839. The number of hydrogen-bond acceptors (Lipinski definition) is 3. The van der Waals surface area contributed by atoms with Crippen molar-refractivity contribution >= 4 is 22.5 Å². The average Bonchev–Trinajstić information content (AvgIpc) is 3.04. The zero-order valence-electron chi connectivity index (χ0n) is 13.9. The molecule has 3 rings (SSSR count). The smallest absolute Gasteiger partial charge is 0.259 e. The maximum absolute atomic E-state index is 12.7. The van der Waals surface area contributed by atoms with E-state index in [1.807, 2.05) is 67.7 Å². The zero-order chi connectivity index (χ0) is 16.9. The maximum atomic E-state index is 12.7. The van der Waals surface area contributed by atoms with Crippen molar-refractivity contribution in [3.8, 4) is 5.75 Å². The van der Waals surface area contributed by atoms with Crippen molar-refractivity contribution in [2.75, 3.05) is 32.6 Å². The lowest BCUT2D eigenvalue weighted by Crippen LogP contribution is -2.20. The second kappa shape index (κ2) is 7.19. The van der Waals surface area contributed by atoms with Crippen molar-refractivity contribution < 1.29 is 9.53 Å². The third-order valence-electron chi connectivity index (χ3n) is 3.77. The fourth-order valence-electron chi connectivity index (χ4n) is 2.50. The molecule has 24 heavy (non-hydrogen) atoms. The summed E-state index contributed by atoms with van der Waals surface area (Å²) >= 11 is 0. The van der Waals surface area contributed by atoms with Gasteiger partial charge >= 0.3 is 0 Å². The molecule has 2 aromatic carbocycles. The number of fused-ring (bicyclic) bond motifs is 1. The quantitative estimate of drug-likeness (QED) is 0.731. The number of carbonyl (C=O) groups is 1. The molecular formula is C19H21N3O2. The topological polar surface area (TPSA) is 57.4 Å². The normalized spacial score (nSPS) is 11.0. The molecule has 0 spiro atoms. The van der Waals surface area contributed by atoms with Crippen molar-refractivity contribution in [2.45, 2.75) is 0 Å². The van der Waals surface area contributed by atoms with Gasteiger partial charge in [-0.15, -0.1) is 0 Å². The molecule has 0 unspecified atom stereocenters. The summed E-state index contributed by atoms with van der Waals surface area (Å²) in [4.78, 5) is 17.9. The van der Waals surface area contributed by atoms with Gasteiger partial charge in [0.05, 0.1) is 11.3 Å². The number of aromatic amines is 1. The van der Waals surface area contributed by atoms with Gasteiger partial charge in [-0.05, 0) is 44.4 Å². The van der Waals surface area contributed by atoms with Crippen LogP contribution in [0, 0.1) is 0 Å². The summed E-state index contributed by atoms with van der Waals surface area (Å²) < 4.78 is 5.77. The van der Waals surface area contributed by atoms with E-state index in [2.05, 4.69) is 10.3 Å². The van der Waals surface area contributed by atoms with E-state index < -0.39 is 0 Å². The monoisotopic (exact) mass is 323 g/mol. The first-order valence-electron chi connectivity index (χ1n) is 7.89. The molecule has 5 nitrogen and oxygen atoms in total. The molecule has 0 aliphatic carbocycles. The summed E-state index contributed by atoms with van der Waals surface area (Å²) in [5.74, 6) is 0.419. The lowest BCUT2D eigenvalue weighted by Gasteiger charge is -2.14. The standard InChI is InChI=1S/C19H21N3O2/c1-22(2)12-13-24-18-9-4-3-6-15(18)19(23)21-17-8-5-7-16-14(17)10-11-20-16/h3-11,20H,12-13H2,1-2H3,(H,21,23). The fourth-order valence-corrected chi connectivity index (χ4v) is 2.50. The Labute approximate surface area is 141 Å². The Morgan fingerprint density at radius 1 is 1.12 bits per heavy atom. The van der Waals surface area contributed by atoms with Gasteiger partial charge in [-0.3, -0.25) is 4.79 Å². The second-order valence-corrected chi connectivity index (χ2v) is 5.85. The Hall–Kier alpha value is -2.79. The van der Waals surface area contributed by atoms with Gasteiger partial charge in [0, 0.05) is 23.6 Å². The average molecular weight is 323 g/mol. The molecule has 1 amide bonds. The zero-order valence-corrected chi connectivity index (χ0v) is 13.9. The summed E-state index contributed by atoms with van der Waals surface area (Å²) in [6.45, 7) is 1.32. The van der Waals surface area contributed by atoms with E-state index in [1.165, 1.54) is 0 Å². The predicted octanol–water partition coefficient (Wildman–Crippen LogP) is 3.36. The van der Waals surface area contributed by atoms with Gasteiger partial charge in [-0.25, -0.2) is 0 Å². The summed E-state index contributed by atoms with van der Waals surface area (Å²) in [6.07, 6.45) is 1.86. The van der Waals surface area contributed by atoms with Crippen LogP contribution in [0.1, 0.15) is 10.4 Å². The minimum atomic E-state index is -0.177. The lowest BCUT2D eigenvalue weighted by molar-refractivity contribution is 0.102. The van der Waals surface area contributed by atoms with Crippen molar-refractivity contribution in [3.05, 3.63) is 60.3 Å². The van der Waals surface area contributed by atoms with Gasteiger partial charge < -0.3 is 19.9 Å². The molecule has 2 N–H and O–H groups in total. The molecule has 3 aromatic rings. The number of carbonyl (C=O) groups excluding carboxylic acids is 1. The highest BCUT2D eigenvalue weighted by Crippen LogP contribution is 2.24. The molecule has 0 radical (unpaired) electrons. The van der Waals surface area contributed by atoms with Gasteiger partial charge in [0.2, 0.25) is 0 Å². The predicted molar refractivity (Wildman–Crippen MR) is 96.7 cm³/mol. The first-order valence-corrected chi connectivity index (χ1v) is 7.89. The summed E-state index contributed by atoms with van der Waals surface area (Å²) in [5.41, 5.74) is 2.30. The van der Waals surface area contributed by atoms with Crippen LogP contribution in [-0.2, 0) is 0 Å². The van der Waals surface area contributed by atoms with Crippen LogP contribution in [0.25, 0.3) is 10.9 Å². The number of para-hydroxylation sites is 1. The molecule has 0 fully saturated rings. The van der Waals surface area contributed by atoms with Crippen LogP contribution in [0.5, 0.6) is 5.75 Å². The first-order chi connectivity index (χ1) is 11.6. The van der Waals surface area contributed by atoms with Gasteiger partial charge in [-0.1, -0.05) is 18.2 Å². The van der Waals surface area contributed by atoms with Crippen LogP contribution in [0.4, 0.5) is 5.69 Å². The molecule has 1 heterocycles. The van der Waals surface area contributed by atoms with Crippen molar-refractivity contribution in [1.29, 1.82) is 0 Å². The van der Waals surface area contributed by atoms with Crippen LogP contribution < -0.4 is 10.1 Å². The summed E-state index contributed by atoms with van der Waals surface area (Å²) in [7, 11) is 3.97. The lowest BCUT2D eigenvalue weighted by atomic mass is 10.1. The van der Waals surface area contributed by atoms with E-state index in [4.69, 9.17) is 4.74 Å². The maximum Gasteiger partial charge on any atom is 0.259 e. The number of anilines is 1. The molecule has 0 atom stereocenters. The minimum Gasteiger partial charge on any atom is -0.491 e. The largest absolute Gasteiger partial charge is 0.491 e. The van der Waals surface area contributed by atoms with Crippen molar-refractivity contribution in [2.24, 2.45) is 0 Å². The second-order valence-electron chi connectivity index (χ2n) is 5.85. The number of aromatic nitrogens is 1. The van der Waals surface area contributed by atoms with Crippen LogP contribution in [0.3, 0.4) is 0 Å². The van der Waals surface area contributed by atoms with Crippen LogP contribution >= 0.6 is 0 Å². The fraction of sp³-hybridized carbons (Fsp3) is 0.211. The SMILES string of the molecule is CN(C)CCOc1ccccc1C(=O)Nc1cccc2[nH]ccc12. The molecule has 0 saturated heterocycles. The number of amides is 1. The van der Waals surface area contributed by atoms with E-state index in [0.717, 1.165) is 23.1 Å². The Morgan fingerprint density at radius 3 is 2.79 bits per heavy atom. The molecule has 124 valence electrons. The van der Waals surface area contributed by atoms with Crippen LogP contribution in [0.2, 0.25) is 0 Å². The molecule has 0 aliphatic heterocycles. The van der Waals surface area contributed by atoms with E-state index in [0.29, 0.717) is 17.9 Å². The van der Waals surface area contributed by atoms with E-state index in [1.54, 1.807) is 6.07 Å². The Morgan fingerprint density at radius 2 is 1.96 bits per heavy atom. The van der Waals surface area contributed by atoms with Gasteiger partial charge in [0.1, 0.15) is 12.4 Å². The summed E-state index contributed by atoms with van der Waals surface area (Å²) in [5, 5.41) is 3.96. The van der Waals surface area contributed by atoms with Gasteiger partial charge in [0.15, 0.2) is 0 Å². The third-order valence-corrected chi connectivity index (χ3v) is 3.77. The minimum absolute atomic E-state index is 0.177.